The highest BCUT2D eigenvalue weighted by molar-refractivity contribution is 6.30. The van der Waals surface area contributed by atoms with E-state index in [0.29, 0.717) is 29.2 Å². The van der Waals surface area contributed by atoms with Crippen LogP contribution in [-0.4, -0.2) is 48.7 Å². The summed E-state index contributed by atoms with van der Waals surface area (Å²) in [7, 11) is 3.18. The van der Waals surface area contributed by atoms with Gasteiger partial charge in [0.2, 0.25) is 0 Å². The van der Waals surface area contributed by atoms with Crippen LogP contribution in [0.4, 0.5) is 13.6 Å². The summed E-state index contributed by atoms with van der Waals surface area (Å²) in [6.45, 7) is 4.71. The van der Waals surface area contributed by atoms with E-state index in [9.17, 15) is 18.8 Å². The molecule has 1 aliphatic rings. The van der Waals surface area contributed by atoms with Crippen LogP contribution in [0.3, 0.4) is 0 Å². The third-order valence-electron chi connectivity index (χ3n) is 7.00. The van der Waals surface area contributed by atoms with E-state index in [4.69, 9.17) is 16.3 Å². The van der Waals surface area contributed by atoms with E-state index in [1.54, 1.807) is 34.0 Å². The predicted molar refractivity (Wildman–Crippen MR) is 143 cm³/mol. The van der Waals surface area contributed by atoms with Crippen molar-refractivity contribution >= 4 is 17.7 Å². The molecule has 1 amide bonds. The molecule has 1 fully saturated rings. The Kier molecular flexibility index (Phi) is 8.05. The van der Waals surface area contributed by atoms with Gasteiger partial charge in [0.25, 0.3) is 0 Å². The summed E-state index contributed by atoms with van der Waals surface area (Å²) in [5, 5.41) is 10.1. The van der Waals surface area contributed by atoms with Crippen LogP contribution in [0.2, 0.25) is 5.02 Å². The minimum Gasteiger partial charge on any atom is -0.443 e. The van der Waals surface area contributed by atoms with Crippen LogP contribution in [0.1, 0.15) is 48.1 Å². The topological polar surface area (TPSA) is 56.6 Å². The van der Waals surface area contributed by atoms with E-state index in [2.05, 4.69) is 11.0 Å². The van der Waals surface area contributed by atoms with Crippen LogP contribution in [0, 0.1) is 28.9 Å². The van der Waals surface area contributed by atoms with E-state index in [-0.39, 0.29) is 12.0 Å². The van der Waals surface area contributed by atoms with Crippen molar-refractivity contribution in [1.82, 2.24) is 9.80 Å². The number of amides is 1. The molecule has 0 saturated carbocycles. The Morgan fingerprint density at radius 1 is 1.03 bits per heavy atom. The highest BCUT2D eigenvalue weighted by Gasteiger charge is 2.47. The van der Waals surface area contributed by atoms with E-state index in [1.807, 2.05) is 42.5 Å². The molecule has 0 N–H and O–H groups in total. The van der Waals surface area contributed by atoms with Gasteiger partial charge in [-0.05, 0) is 72.9 Å². The normalized spacial score (nSPS) is 15.7. The molecule has 0 spiro atoms. The molecule has 5 nitrogen and oxygen atoms in total. The molecule has 38 heavy (non-hydrogen) atoms. The fraction of sp³-hybridized carbons (Fsp3) is 0.333. The van der Waals surface area contributed by atoms with Gasteiger partial charge in [-0.25, -0.2) is 13.6 Å². The Morgan fingerprint density at radius 3 is 2.24 bits per heavy atom. The molecule has 1 aliphatic heterocycles. The molecule has 0 aliphatic carbocycles. The number of carbonyl (C=O) groups excluding carboxylic acids is 1. The number of carbonyl (C=O) groups is 1. The van der Waals surface area contributed by atoms with Crippen molar-refractivity contribution in [3.63, 3.8) is 0 Å². The Morgan fingerprint density at radius 2 is 1.66 bits per heavy atom. The van der Waals surface area contributed by atoms with Crippen LogP contribution < -0.4 is 0 Å². The molecule has 1 saturated heterocycles. The van der Waals surface area contributed by atoms with Gasteiger partial charge >= 0.3 is 6.09 Å². The highest BCUT2D eigenvalue weighted by atomic mass is 35.5. The monoisotopic (exact) mass is 537 g/mol. The van der Waals surface area contributed by atoms with Crippen molar-refractivity contribution < 1.29 is 18.3 Å². The van der Waals surface area contributed by atoms with E-state index < -0.39 is 29.2 Å². The standard InChI is InChI=1S/C30H30ClF2N3O2/c1-30(2,38-29(37)35(3)4)27(22-13-25(32)15-26(33)14-22)23-17-36(18-23)28(20-8-10-24(31)11-9-20)21-7-5-6-19(12-21)16-34/h5-15,23,27-28H,17-18H2,1-4H3/t27?,28-/m0/s1. The lowest BCUT2D eigenvalue weighted by Gasteiger charge is -2.51. The minimum absolute atomic E-state index is 0.0601. The van der Waals surface area contributed by atoms with E-state index in [0.717, 1.165) is 17.2 Å². The first kappa shape index (κ1) is 27.6. The second-order valence-corrected chi connectivity index (χ2v) is 10.9. The van der Waals surface area contributed by atoms with Crippen LogP contribution in [0.15, 0.2) is 66.7 Å². The van der Waals surface area contributed by atoms with Crippen LogP contribution in [-0.2, 0) is 4.74 Å². The lowest BCUT2D eigenvalue weighted by molar-refractivity contribution is -0.0471. The van der Waals surface area contributed by atoms with Crippen molar-refractivity contribution in [1.29, 1.82) is 5.26 Å². The Labute approximate surface area is 227 Å². The molecule has 8 heteroatoms. The van der Waals surface area contributed by atoms with Gasteiger partial charge in [0, 0.05) is 44.2 Å². The largest absolute Gasteiger partial charge is 0.443 e. The van der Waals surface area contributed by atoms with Gasteiger partial charge in [0.05, 0.1) is 17.7 Å². The lowest BCUT2D eigenvalue weighted by Crippen LogP contribution is -2.55. The fourth-order valence-corrected chi connectivity index (χ4v) is 5.51. The number of benzene rings is 3. The summed E-state index contributed by atoms with van der Waals surface area (Å²) in [6.07, 6.45) is -0.527. The molecule has 0 radical (unpaired) electrons. The number of rotatable bonds is 7. The molecule has 3 aromatic carbocycles. The molecule has 198 valence electrons. The average Bonchev–Trinajstić information content (AvgIpc) is 2.82. The lowest BCUT2D eigenvalue weighted by atomic mass is 9.71. The Hall–Kier alpha value is -3.47. The first-order valence-electron chi connectivity index (χ1n) is 12.3. The van der Waals surface area contributed by atoms with E-state index >= 15 is 0 Å². The second-order valence-electron chi connectivity index (χ2n) is 10.5. The minimum atomic E-state index is -1.05. The van der Waals surface area contributed by atoms with Crippen molar-refractivity contribution in [2.75, 3.05) is 27.2 Å². The zero-order valence-corrected chi connectivity index (χ0v) is 22.5. The smallest absolute Gasteiger partial charge is 0.409 e. The Bertz CT molecular complexity index is 1330. The molecule has 4 rings (SSSR count). The highest BCUT2D eigenvalue weighted by Crippen LogP contribution is 2.45. The van der Waals surface area contributed by atoms with Crippen molar-refractivity contribution in [3.8, 4) is 6.07 Å². The third-order valence-corrected chi connectivity index (χ3v) is 7.25. The van der Waals surface area contributed by atoms with Crippen LogP contribution in [0.25, 0.3) is 0 Å². The first-order valence-corrected chi connectivity index (χ1v) is 12.7. The van der Waals surface area contributed by atoms with Crippen molar-refractivity contribution in [2.45, 2.75) is 31.4 Å². The SMILES string of the molecule is CN(C)C(=O)OC(C)(C)C(c1cc(F)cc(F)c1)C1CN([C@@H](c2ccc(Cl)cc2)c2cccc(C#N)c2)C1. The zero-order valence-electron chi connectivity index (χ0n) is 21.8. The van der Waals surface area contributed by atoms with Crippen molar-refractivity contribution in [2.24, 2.45) is 5.92 Å². The summed E-state index contributed by atoms with van der Waals surface area (Å²) in [5.74, 6) is -1.88. The second kappa shape index (κ2) is 11.1. The third kappa shape index (κ3) is 5.98. The zero-order chi connectivity index (χ0) is 27.6. The van der Waals surface area contributed by atoms with Gasteiger partial charge < -0.3 is 9.64 Å². The maximum Gasteiger partial charge on any atom is 0.409 e. The number of nitriles is 1. The van der Waals surface area contributed by atoms with Gasteiger partial charge in [-0.3, -0.25) is 4.90 Å². The molecule has 1 unspecified atom stereocenters. The Balaban J connectivity index is 1.69. The quantitative estimate of drug-likeness (QED) is 0.334. The molecular formula is C30H30ClF2N3O2. The number of halogens is 3. The van der Waals surface area contributed by atoms with Gasteiger partial charge in [0.1, 0.15) is 17.2 Å². The van der Waals surface area contributed by atoms with Crippen molar-refractivity contribution in [3.05, 3.63) is 106 Å². The predicted octanol–water partition coefficient (Wildman–Crippen LogP) is 6.77. The maximum atomic E-state index is 14.3. The molecule has 2 atom stereocenters. The number of ether oxygens (including phenoxy) is 1. The molecule has 3 aromatic rings. The maximum absolute atomic E-state index is 14.3. The summed E-state index contributed by atoms with van der Waals surface area (Å²) < 4.78 is 34.4. The average molecular weight is 538 g/mol. The van der Waals surface area contributed by atoms with Gasteiger partial charge in [-0.1, -0.05) is 35.9 Å². The first-order chi connectivity index (χ1) is 18.0. The summed E-state index contributed by atoms with van der Waals surface area (Å²) in [4.78, 5) is 16.1. The summed E-state index contributed by atoms with van der Waals surface area (Å²) >= 11 is 6.15. The van der Waals surface area contributed by atoms with Crippen LogP contribution >= 0.6 is 11.6 Å². The molecular weight excluding hydrogens is 508 g/mol. The van der Waals surface area contributed by atoms with Gasteiger partial charge in [-0.15, -0.1) is 0 Å². The molecule has 0 bridgehead atoms. The summed E-state index contributed by atoms with van der Waals surface area (Å²) in [5.41, 5.74) is 1.92. The number of hydrogen-bond acceptors (Lipinski definition) is 4. The van der Waals surface area contributed by atoms with E-state index in [1.165, 1.54) is 17.0 Å². The number of hydrogen-bond donors (Lipinski definition) is 0. The fourth-order valence-electron chi connectivity index (χ4n) is 5.38. The van der Waals surface area contributed by atoms with Gasteiger partial charge in [0.15, 0.2) is 0 Å². The van der Waals surface area contributed by atoms with Gasteiger partial charge in [-0.2, -0.15) is 5.26 Å². The summed E-state index contributed by atoms with van der Waals surface area (Å²) in [6, 6.07) is 20.6. The number of nitrogens with zero attached hydrogens (tertiary/aromatic N) is 3. The number of likely N-dealkylation sites (tertiary alicyclic amines) is 1. The molecule has 0 aromatic heterocycles. The molecule has 1 heterocycles. The van der Waals surface area contributed by atoms with Crippen LogP contribution in [0.5, 0.6) is 0 Å².